The maximum absolute atomic E-state index is 2.34. The third kappa shape index (κ3) is 4.12. The molecule has 0 unspecified atom stereocenters. The second-order valence-electron chi connectivity index (χ2n) is 4.23. The fourth-order valence-corrected chi connectivity index (χ4v) is 1.41. The molecule has 0 saturated carbocycles. The van der Waals surface area contributed by atoms with Gasteiger partial charge in [-0.3, -0.25) is 0 Å². The van der Waals surface area contributed by atoms with Crippen LogP contribution >= 0.6 is 0 Å². The Bertz CT molecular complexity index is 239. The fraction of sp³-hybridized carbons (Fsp3) is 0.538. The number of allylic oxidation sites excluding steroid dienone is 6. The molecule has 0 nitrogen and oxygen atoms in total. The average Bonchev–Trinajstić information content (AvgIpc) is 2.27. The Morgan fingerprint density at radius 1 is 1.23 bits per heavy atom. The van der Waals surface area contributed by atoms with E-state index in [4.69, 9.17) is 0 Å². The molecule has 0 atom stereocenters. The molecule has 0 N–H and O–H groups in total. The second kappa shape index (κ2) is 5.06. The highest BCUT2D eigenvalue weighted by Gasteiger charge is 1.98. The van der Waals surface area contributed by atoms with E-state index in [1.165, 1.54) is 24.0 Å². The lowest BCUT2D eigenvalue weighted by Crippen LogP contribution is -1.88. The topological polar surface area (TPSA) is 0 Å². The van der Waals surface area contributed by atoms with E-state index in [2.05, 4.69) is 45.1 Å². The molecule has 1 aliphatic carbocycles. The van der Waals surface area contributed by atoms with Crippen molar-refractivity contribution in [3.63, 3.8) is 0 Å². The molecule has 13 heavy (non-hydrogen) atoms. The Morgan fingerprint density at radius 3 is 2.69 bits per heavy atom. The molecule has 0 heteroatoms. The third-order valence-corrected chi connectivity index (χ3v) is 2.39. The van der Waals surface area contributed by atoms with Gasteiger partial charge in [-0.15, -0.1) is 0 Å². The first-order chi connectivity index (χ1) is 6.18. The first-order valence-corrected chi connectivity index (χ1v) is 5.22. The van der Waals surface area contributed by atoms with Gasteiger partial charge in [0.25, 0.3) is 0 Å². The molecule has 1 aliphatic rings. The minimum absolute atomic E-state index is 0.812. The summed E-state index contributed by atoms with van der Waals surface area (Å²) >= 11 is 0. The molecule has 0 aromatic carbocycles. The van der Waals surface area contributed by atoms with Crippen molar-refractivity contribution in [3.05, 3.63) is 35.5 Å². The Balaban J connectivity index is 2.44. The molecule has 0 saturated heterocycles. The van der Waals surface area contributed by atoms with E-state index in [1.54, 1.807) is 0 Å². The lowest BCUT2D eigenvalue weighted by atomic mass is 10.0. The van der Waals surface area contributed by atoms with Crippen LogP contribution in [0.1, 0.15) is 40.0 Å². The van der Waals surface area contributed by atoms with Crippen molar-refractivity contribution < 1.29 is 0 Å². The average molecular weight is 176 g/mol. The van der Waals surface area contributed by atoms with E-state index in [9.17, 15) is 0 Å². The largest absolute Gasteiger partial charge is 0.0778 e. The van der Waals surface area contributed by atoms with E-state index in [-0.39, 0.29) is 0 Å². The van der Waals surface area contributed by atoms with Gasteiger partial charge in [0.05, 0.1) is 0 Å². The summed E-state index contributed by atoms with van der Waals surface area (Å²) in [6.07, 6.45) is 12.7. The highest BCUT2D eigenvalue weighted by atomic mass is 14.0. The highest BCUT2D eigenvalue weighted by Crippen LogP contribution is 2.17. The van der Waals surface area contributed by atoms with Gasteiger partial charge in [-0.1, -0.05) is 49.3 Å². The molecule has 0 spiro atoms. The smallest absolute Gasteiger partial charge is 0.0158 e. The van der Waals surface area contributed by atoms with Gasteiger partial charge in [0.15, 0.2) is 0 Å². The maximum Gasteiger partial charge on any atom is -0.0158 e. The molecular formula is C13H20. The van der Waals surface area contributed by atoms with Crippen LogP contribution < -0.4 is 0 Å². The predicted molar refractivity (Wildman–Crippen MR) is 59.7 cm³/mol. The predicted octanol–water partition coefficient (Wildman–Crippen LogP) is 4.26. The van der Waals surface area contributed by atoms with Crippen LogP contribution in [-0.2, 0) is 0 Å². The second-order valence-corrected chi connectivity index (χ2v) is 4.23. The molecule has 1 rings (SSSR count). The zero-order valence-corrected chi connectivity index (χ0v) is 9.01. The SMILES string of the molecule is CC1=CCC=C(CCC(C)C)C=C1. The molecule has 0 aromatic rings. The van der Waals surface area contributed by atoms with Gasteiger partial charge >= 0.3 is 0 Å². The van der Waals surface area contributed by atoms with Crippen LogP contribution in [0, 0.1) is 5.92 Å². The Kier molecular flexibility index (Phi) is 4.01. The van der Waals surface area contributed by atoms with Crippen LogP contribution in [0.5, 0.6) is 0 Å². The quantitative estimate of drug-likeness (QED) is 0.603. The van der Waals surface area contributed by atoms with Crippen molar-refractivity contribution in [3.8, 4) is 0 Å². The summed E-state index contributed by atoms with van der Waals surface area (Å²) in [5, 5.41) is 0. The molecule has 0 aromatic heterocycles. The fourth-order valence-electron chi connectivity index (χ4n) is 1.41. The highest BCUT2D eigenvalue weighted by molar-refractivity contribution is 5.30. The molecule has 0 heterocycles. The Labute approximate surface area is 82.0 Å². The summed E-state index contributed by atoms with van der Waals surface area (Å²) in [5.74, 6) is 0.812. The van der Waals surface area contributed by atoms with Gasteiger partial charge in [0.1, 0.15) is 0 Å². The molecule has 0 radical (unpaired) electrons. The standard InChI is InChI=1S/C13H20/c1-11(2)7-9-13-6-4-5-12(3)8-10-13/h5-6,8,10-11H,4,7,9H2,1-3H3. The molecule has 72 valence electrons. The van der Waals surface area contributed by atoms with Crippen molar-refractivity contribution in [2.45, 2.75) is 40.0 Å². The van der Waals surface area contributed by atoms with Gasteiger partial charge in [-0.25, -0.2) is 0 Å². The summed E-state index contributed by atoms with van der Waals surface area (Å²) in [5.41, 5.74) is 2.89. The Hall–Kier alpha value is -0.780. The van der Waals surface area contributed by atoms with Gasteiger partial charge in [-0.05, 0) is 32.1 Å². The minimum Gasteiger partial charge on any atom is -0.0778 e. The monoisotopic (exact) mass is 176 g/mol. The van der Waals surface area contributed by atoms with Crippen LogP contribution in [-0.4, -0.2) is 0 Å². The summed E-state index contributed by atoms with van der Waals surface area (Å²) in [6, 6.07) is 0. The van der Waals surface area contributed by atoms with Crippen molar-refractivity contribution in [1.29, 1.82) is 0 Å². The normalized spacial score (nSPS) is 16.9. The summed E-state index contributed by atoms with van der Waals surface area (Å²) in [6.45, 7) is 6.73. The first-order valence-electron chi connectivity index (χ1n) is 5.22. The zero-order chi connectivity index (χ0) is 9.68. The van der Waals surface area contributed by atoms with Crippen molar-refractivity contribution >= 4 is 0 Å². The van der Waals surface area contributed by atoms with E-state index < -0.39 is 0 Å². The van der Waals surface area contributed by atoms with E-state index in [0.29, 0.717) is 0 Å². The van der Waals surface area contributed by atoms with Gasteiger partial charge < -0.3 is 0 Å². The van der Waals surface area contributed by atoms with Crippen LogP contribution in [0.25, 0.3) is 0 Å². The molecule has 0 aliphatic heterocycles. The lowest BCUT2D eigenvalue weighted by molar-refractivity contribution is 0.587. The van der Waals surface area contributed by atoms with E-state index in [0.717, 1.165) is 12.3 Å². The third-order valence-electron chi connectivity index (χ3n) is 2.39. The molecular weight excluding hydrogens is 156 g/mol. The van der Waals surface area contributed by atoms with Crippen LogP contribution in [0.4, 0.5) is 0 Å². The van der Waals surface area contributed by atoms with Crippen LogP contribution in [0.2, 0.25) is 0 Å². The van der Waals surface area contributed by atoms with Crippen molar-refractivity contribution in [1.82, 2.24) is 0 Å². The van der Waals surface area contributed by atoms with Crippen LogP contribution in [0.15, 0.2) is 35.5 Å². The van der Waals surface area contributed by atoms with Gasteiger partial charge in [0.2, 0.25) is 0 Å². The first kappa shape index (κ1) is 10.3. The van der Waals surface area contributed by atoms with Gasteiger partial charge in [-0.2, -0.15) is 0 Å². The Morgan fingerprint density at radius 2 is 2.00 bits per heavy atom. The summed E-state index contributed by atoms with van der Waals surface area (Å²) < 4.78 is 0. The summed E-state index contributed by atoms with van der Waals surface area (Å²) in [4.78, 5) is 0. The van der Waals surface area contributed by atoms with Crippen LogP contribution in [0.3, 0.4) is 0 Å². The molecule has 0 fully saturated rings. The van der Waals surface area contributed by atoms with E-state index in [1.807, 2.05) is 0 Å². The molecule has 0 bridgehead atoms. The van der Waals surface area contributed by atoms with Crippen molar-refractivity contribution in [2.24, 2.45) is 5.92 Å². The maximum atomic E-state index is 2.34. The number of hydrogen-bond donors (Lipinski definition) is 0. The number of hydrogen-bond acceptors (Lipinski definition) is 0. The lowest BCUT2D eigenvalue weighted by Gasteiger charge is -2.04. The van der Waals surface area contributed by atoms with E-state index >= 15 is 0 Å². The van der Waals surface area contributed by atoms with Crippen molar-refractivity contribution in [2.75, 3.05) is 0 Å². The molecule has 0 amide bonds. The summed E-state index contributed by atoms with van der Waals surface area (Å²) in [7, 11) is 0. The minimum atomic E-state index is 0.812. The van der Waals surface area contributed by atoms with Gasteiger partial charge in [0, 0.05) is 0 Å². The zero-order valence-electron chi connectivity index (χ0n) is 9.01. The number of rotatable bonds is 3.